The molecule has 0 spiro atoms. The maximum atomic E-state index is 4.17. The zero-order valence-corrected chi connectivity index (χ0v) is 10.2. The molecule has 1 aliphatic rings. The van der Waals surface area contributed by atoms with E-state index in [4.69, 9.17) is 0 Å². The Hall–Kier alpha value is -1.02. The summed E-state index contributed by atoms with van der Waals surface area (Å²) in [5.41, 5.74) is 2.85. The highest BCUT2D eigenvalue weighted by Gasteiger charge is 2.16. The van der Waals surface area contributed by atoms with E-state index >= 15 is 0 Å². The van der Waals surface area contributed by atoms with E-state index in [9.17, 15) is 0 Å². The third-order valence-electron chi connectivity index (χ3n) is 3.57. The Bertz CT molecular complexity index is 347. The number of hydrogen-bond acceptors (Lipinski definition) is 1. The first kappa shape index (κ1) is 11.5. The van der Waals surface area contributed by atoms with Crippen LogP contribution in [0.15, 0.2) is 42.5 Å². The quantitative estimate of drug-likeness (QED) is 0.538. The van der Waals surface area contributed by atoms with Crippen LogP contribution < -0.4 is 0 Å². The second-order valence-electron chi connectivity index (χ2n) is 4.86. The Balaban J connectivity index is 1.94. The average Bonchev–Trinajstić information content (AvgIpc) is 2.46. The maximum absolute atomic E-state index is 4.17. The van der Waals surface area contributed by atoms with Crippen molar-refractivity contribution in [2.45, 2.75) is 25.2 Å². The van der Waals surface area contributed by atoms with Gasteiger partial charge in [0.1, 0.15) is 7.85 Å². The minimum Gasteiger partial charge on any atom is -0.299 e. The fourth-order valence-corrected chi connectivity index (χ4v) is 2.24. The molecule has 0 radical (unpaired) electrons. The molecule has 2 rings (SSSR count). The summed E-state index contributed by atoms with van der Waals surface area (Å²) in [5, 5.41) is 0. The third-order valence-corrected chi connectivity index (χ3v) is 3.57. The van der Waals surface area contributed by atoms with Crippen molar-refractivity contribution in [2.75, 3.05) is 13.1 Å². The fraction of sp³-hybridized carbons (Fsp3) is 0.429. The van der Waals surface area contributed by atoms with E-state index in [1.165, 1.54) is 24.1 Å². The molecule has 0 N–H and O–H groups in total. The summed E-state index contributed by atoms with van der Waals surface area (Å²) in [6.45, 7) is 7.62. The summed E-state index contributed by atoms with van der Waals surface area (Å²) in [7, 11) is 2.30. The van der Waals surface area contributed by atoms with Gasteiger partial charge in [0.2, 0.25) is 0 Å². The Kier molecular flexibility index (Phi) is 3.84. The predicted molar refractivity (Wildman–Crippen MR) is 72.4 cm³/mol. The topological polar surface area (TPSA) is 3.24 Å². The standard InChI is InChI=1S/C14H20BN/c1-12-7-9-16(10-8-14(12)15)11-13-5-3-2-4-6-13/h2-6,14H,1,7-11,15H2. The molecule has 0 saturated carbocycles. The molecule has 0 bridgehead atoms. The van der Waals surface area contributed by atoms with E-state index in [-0.39, 0.29) is 0 Å². The van der Waals surface area contributed by atoms with Crippen molar-refractivity contribution in [3.63, 3.8) is 0 Å². The molecular weight excluding hydrogens is 193 g/mol. The molecule has 1 atom stereocenters. The molecule has 1 heterocycles. The number of benzene rings is 1. The summed E-state index contributed by atoms with van der Waals surface area (Å²) < 4.78 is 0. The predicted octanol–water partition coefficient (Wildman–Crippen LogP) is 2.26. The molecule has 1 aromatic carbocycles. The molecule has 16 heavy (non-hydrogen) atoms. The van der Waals surface area contributed by atoms with E-state index in [0.717, 1.165) is 19.5 Å². The molecule has 1 saturated heterocycles. The summed E-state index contributed by atoms with van der Waals surface area (Å²) >= 11 is 0. The number of nitrogens with zero attached hydrogens (tertiary/aromatic N) is 1. The lowest BCUT2D eigenvalue weighted by Crippen LogP contribution is -2.24. The SMILES string of the molecule is BC1CCN(Cc2ccccc2)CCC1=C. The number of hydrogen-bond donors (Lipinski definition) is 0. The number of likely N-dealkylation sites (tertiary alicyclic amines) is 1. The van der Waals surface area contributed by atoms with Crippen molar-refractivity contribution >= 4 is 7.85 Å². The van der Waals surface area contributed by atoms with Crippen LogP contribution in [0.25, 0.3) is 0 Å². The van der Waals surface area contributed by atoms with Crippen molar-refractivity contribution in [1.82, 2.24) is 4.90 Å². The van der Waals surface area contributed by atoms with Gasteiger partial charge in [-0.05, 0) is 30.8 Å². The lowest BCUT2D eigenvalue weighted by molar-refractivity contribution is 0.278. The highest BCUT2D eigenvalue weighted by molar-refractivity contribution is 6.13. The summed E-state index contributed by atoms with van der Waals surface area (Å²) in [4.78, 5) is 2.55. The van der Waals surface area contributed by atoms with E-state index in [0.29, 0.717) is 5.82 Å². The van der Waals surface area contributed by atoms with Gasteiger partial charge in [-0.25, -0.2) is 0 Å². The monoisotopic (exact) mass is 213 g/mol. The zero-order chi connectivity index (χ0) is 11.4. The Morgan fingerprint density at radius 2 is 2.00 bits per heavy atom. The van der Waals surface area contributed by atoms with Gasteiger partial charge in [0.25, 0.3) is 0 Å². The number of rotatable bonds is 2. The molecule has 1 aromatic rings. The van der Waals surface area contributed by atoms with Gasteiger partial charge in [0.15, 0.2) is 0 Å². The van der Waals surface area contributed by atoms with Gasteiger partial charge in [0.05, 0.1) is 0 Å². The van der Waals surface area contributed by atoms with Gasteiger partial charge in [0, 0.05) is 13.1 Å². The van der Waals surface area contributed by atoms with Crippen LogP contribution in [-0.2, 0) is 6.54 Å². The summed E-state index contributed by atoms with van der Waals surface area (Å²) in [6.07, 6.45) is 2.42. The average molecular weight is 213 g/mol. The van der Waals surface area contributed by atoms with Crippen molar-refractivity contribution in [1.29, 1.82) is 0 Å². The van der Waals surface area contributed by atoms with Crippen LogP contribution in [0.1, 0.15) is 18.4 Å². The van der Waals surface area contributed by atoms with Crippen LogP contribution in [0.3, 0.4) is 0 Å². The van der Waals surface area contributed by atoms with E-state index in [2.05, 4.69) is 49.7 Å². The van der Waals surface area contributed by atoms with E-state index < -0.39 is 0 Å². The van der Waals surface area contributed by atoms with Gasteiger partial charge >= 0.3 is 0 Å². The first-order valence-corrected chi connectivity index (χ1v) is 6.19. The normalized spacial score (nSPS) is 23.0. The van der Waals surface area contributed by atoms with Crippen LogP contribution in [0.4, 0.5) is 0 Å². The van der Waals surface area contributed by atoms with Gasteiger partial charge in [-0.2, -0.15) is 0 Å². The molecule has 0 aromatic heterocycles. The van der Waals surface area contributed by atoms with Crippen LogP contribution in [0.5, 0.6) is 0 Å². The summed E-state index contributed by atoms with van der Waals surface area (Å²) in [5.74, 6) is 0.695. The molecule has 0 amide bonds. The molecule has 0 aliphatic carbocycles. The molecule has 1 aliphatic heterocycles. The molecule has 84 valence electrons. The minimum atomic E-state index is 0.695. The highest BCUT2D eigenvalue weighted by atomic mass is 15.1. The molecule has 1 unspecified atom stereocenters. The van der Waals surface area contributed by atoms with Gasteiger partial charge < -0.3 is 0 Å². The highest BCUT2D eigenvalue weighted by Crippen LogP contribution is 2.24. The Labute approximate surface area is 99.6 Å². The first-order chi connectivity index (χ1) is 7.75. The fourth-order valence-electron chi connectivity index (χ4n) is 2.24. The zero-order valence-electron chi connectivity index (χ0n) is 10.2. The third kappa shape index (κ3) is 2.99. The lowest BCUT2D eigenvalue weighted by Gasteiger charge is -2.19. The minimum absolute atomic E-state index is 0.695. The Morgan fingerprint density at radius 3 is 2.75 bits per heavy atom. The smallest absolute Gasteiger partial charge is 0.110 e. The van der Waals surface area contributed by atoms with Gasteiger partial charge in [-0.15, -0.1) is 6.58 Å². The molecular formula is C14H20BN. The van der Waals surface area contributed by atoms with Gasteiger partial charge in [-0.1, -0.05) is 35.9 Å². The van der Waals surface area contributed by atoms with Crippen LogP contribution in [0.2, 0.25) is 5.82 Å². The molecule has 2 heteroatoms. The maximum Gasteiger partial charge on any atom is 0.110 e. The second kappa shape index (κ2) is 5.35. The lowest BCUT2D eigenvalue weighted by atomic mass is 9.78. The second-order valence-corrected chi connectivity index (χ2v) is 4.86. The van der Waals surface area contributed by atoms with Crippen molar-refractivity contribution < 1.29 is 0 Å². The van der Waals surface area contributed by atoms with Crippen molar-refractivity contribution in [2.24, 2.45) is 0 Å². The van der Waals surface area contributed by atoms with Crippen molar-refractivity contribution in [3.8, 4) is 0 Å². The van der Waals surface area contributed by atoms with Crippen LogP contribution >= 0.6 is 0 Å². The summed E-state index contributed by atoms with van der Waals surface area (Å²) in [6, 6.07) is 10.7. The first-order valence-electron chi connectivity index (χ1n) is 6.19. The molecule has 1 fully saturated rings. The van der Waals surface area contributed by atoms with E-state index in [1.54, 1.807) is 0 Å². The molecule has 1 nitrogen and oxygen atoms in total. The Morgan fingerprint density at radius 1 is 1.25 bits per heavy atom. The largest absolute Gasteiger partial charge is 0.299 e. The van der Waals surface area contributed by atoms with Crippen LogP contribution in [-0.4, -0.2) is 25.8 Å². The van der Waals surface area contributed by atoms with Crippen LogP contribution in [0, 0.1) is 0 Å². The van der Waals surface area contributed by atoms with Crippen molar-refractivity contribution in [3.05, 3.63) is 48.0 Å². The van der Waals surface area contributed by atoms with E-state index in [1.807, 2.05) is 0 Å². The van der Waals surface area contributed by atoms with Gasteiger partial charge in [-0.3, -0.25) is 4.90 Å².